The van der Waals surface area contributed by atoms with E-state index < -0.39 is 0 Å². The molecule has 1 aromatic carbocycles. The highest BCUT2D eigenvalue weighted by molar-refractivity contribution is 5.31. The van der Waals surface area contributed by atoms with Crippen molar-refractivity contribution in [3.8, 4) is 0 Å². The monoisotopic (exact) mass is 221 g/mol. The Balaban J connectivity index is 2.19. The molecule has 0 radical (unpaired) electrons. The fraction of sp³-hybridized carbons (Fsp3) is 0.571. The highest BCUT2D eigenvalue weighted by Crippen LogP contribution is 2.24. The third kappa shape index (κ3) is 2.62. The van der Waals surface area contributed by atoms with Crippen molar-refractivity contribution >= 4 is 0 Å². The summed E-state index contributed by atoms with van der Waals surface area (Å²) in [6, 6.07) is 5.23. The maximum absolute atomic E-state index is 13.3. The molecule has 1 unspecified atom stereocenters. The molecule has 0 saturated carbocycles. The molecule has 1 fully saturated rings. The Morgan fingerprint density at radius 1 is 1.44 bits per heavy atom. The van der Waals surface area contributed by atoms with Crippen molar-refractivity contribution in [1.82, 2.24) is 5.32 Å². The second-order valence-electron chi connectivity index (χ2n) is 5.06. The van der Waals surface area contributed by atoms with E-state index in [-0.39, 0.29) is 5.82 Å². The molecule has 16 heavy (non-hydrogen) atoms. The van der Waals surface area contributed by atoms with Gasteiger partial charge in [0.1, 0.15) is 5.82 Å². The van der Waals surface area contributed by atoms with Gasteiger partial charge in [0.25, 0.3) is 0 Å². The van der Waals surface area contributed by atoms with Crippen molar-refractivity contribution in [3.05, 3.63) is 35.1 Å². The number of nitrogens with one attached hydrogen (secondary N) is 1. The summed E-state index contributed by atoms with van der Waals surface area (Å²) < 4.78 is 13.3. The maximum atomic E-state index is 13.3. The number of rotatable bonds is 3. The van der Waals surface area contributed by atoms with Gasteiger partial charge in [0, 0.05) is 0 Å². The lowest BCUT2D eigenvalue weighted by molar-refractivity contribution is 0.567. The summed E-state index contributed by atoms with van der Waals surface area (Å²) in [6.07, 6.45) is 2.23. The molecule has 0 aliphatic carbocycles. The van der Waals surface area contributed by atoms with Gasteiger partial charge in [-0.05, 0) is 61.0 Å². The second kappa shape index (κ2) is 4.96. The van der Waals surface area contributed by atoms with Gasteiger partial charge in [0.2, 0.25) is 0 Å². The van der Waals surface area contributed by atoms with Gasteiger partial charge in [-0.3, -0.25) is 0 Å². The van der Waals surface area contributed by atoms with E-state index in [9.17, 15) is 4.39 Å². The standard InChI is InChI=1S/C14H20FN/c1-10(2)14-4-3-13(15)8-12(14)7-11-5-6-16-9-11/h3-4,8,10-11,16H,5-7,9H2,1-2H3. The van der Waals surface area contributed by atoms with E-state index in [4.69, 9.17) is 0 Å². The number of benzene rings is 1. The van der Waals surface area contributed by atoms with E-state index >= 15 is 0 Å². The summed E-state index contributed by atoms with van der Waals surface area (Å²) in [5, 5.41) is 3.36. The van der Waals surface area contributed by atoms with Crippen molar-refractivity contribution in [2.24, 2.45) is 5.92 Å². The fourth-order valence-electron chi connectivity index (χ4n) is 2.51. The molecular formula is C14H20FN. The van der Waals surface area contributed by atoms with Crippen LogP contribution in [0.3, 0.4) is 0 Å². The quantitative estimate of drug-likeness (QED) is 0.827. The summed E-state index contributed by atoms with van der Waals surface area (Å²) in [7, 11) is 0. The van der Waals surface area contributed by atoms with Gasteiger partial charge in [-0.15, -0.1) is 0 Å². The van der Waals surface area contributed by atoms with E-state index in [1.165, 1.54) is 17.5 Å². The summed E-state index contributed by atoms with van der Waals surface area (Å²) in [5.74, 6) is 1.05. The van der Waals surface area contributed by atoms with E-state index in [0.29, 0.717) is 11.8 Å². The van der Waals surface area contributed by atoms with Crippen LogP contribution in [0, 0.1) is 11.7 Å². The Morgan fingerprint density at radius 3 is 2.88 bits per heavy atom. The lowest BCUT2D eigenvalue weighted by Gasteiger charge is -2.15. The highest BCUT2D eigenvalue weighted by atomic mass is 19.1. The molecule has 1 aliphatic rings. The minimum absolute atomic E-state index is 0.106. The summed E-state index contributed by atoms with van der Waals surface area (Å²) in [5.41, 5.74) is 2.50. The van der Waals surface area contributed by atoms with Gasteiger partial charge in [-0.2, -0.15) is 0 Å². The van der Waals surface area contributed by atoms with E-state index in [1.54, 1.807) is 12.1 Å². The molecule has 2 heteroatoms. The van der Waals surface area contributed by atoms with Gasteiger partial charge < -0.3 is 5.32 Å². The minimum atomic E-state index is -0.106. The first-order valence-corrected chi connectivity index (χ1v) is 6.16. The molecule has 1 aliphatic heterocycles. The van der Waals surface area contributed by atoms with Crippen LogP contribution in [-0.2, 0) is 6.42 Å². The average molecular weight is 221 g/mol. The van der Waals surface area contributed by atoms with Crippen LogP contribution in [0.5, 0.6) is 0 Å². The minimum Gasteiger partial charge on any atom is -0.316 e. The van der Waals surface area contributed by atoms with Crippen LogP contribution < -0.4 is 5.32 Å². The molecule has 0 bridgehead atoms. The molecule has 1 nitrogen and oxygen atoms in total. The van der Waals surface area contributed by atoms with Crippen molar-refractivity contribution in [2.45, 2.75) is 32.6 Å². The average Bonchev–Trinajstić information content (AvgIpc) is 2.70. The zero-order valence-electron chi connectivity index (χ0n) is 10.1. The smallest absolute Gasteiger partial charge is 0.123 e. The number of hydrogen-bond donors (Lipinski definition) is 1. The van der Waals surface area contributed by atoms with Crippen LogP contribution >= 0.6 is 0 Å². The third-order valence-electron chi connectivity index (χ3n) is 3.40. The zero-order valence-corrected chi connectivity index (χ0v) is 10.1. The van der Waals surface area contributed by atoms with Crippen LogP contribution in [0.25, 0.3) is 0 Å². The number of hydrogen-bond acceptors (Lipinski definition) is 1. The second-order valence-corrected chi connectivity index (χ2v) is 5.06. The van der Waals surface area contributed by atoms with Crippen LogP contribution in [0.4, 0.5) is 4.39 Å². The predicted molar refractivity (Wildman–Crippen MR) is 65.2 cm³/mol. The van der Waals surface area contributed by atoms with Crippen LogP contribution in [0.15, 0.2) is 18.2 Å². The van der Waals surface area contributed by atoms with Crippen molar-refractivity contribution in [3.63, 3.8) is 0 Å². The van der Waals surface area contributed by atoms with Crippen molar-refractivity contribution in [2.75, 3.05) is 13.1 Å². The molecule has 1 saturated heterocycles. The lowest BCUT2D eigenvalue weighted by atomic mass is 9.90. The van der Waals surface area contributed by atoms with E-state index in [0.717, 1.165) is 19.5 Å². The topological polar surface area (TPSA) is 12.0 Å². The van der Waals surface area contributed by atoms with E-state index in [2.05, 4.69) is 19.2 Å². The van der Waals surface area contributed by atoms with Crippen LogP contribution in [0.1, 0.15) is 37.3 Å². The molecule has 0 amide bonds. The third-order valence-corrected chi connectivity index (χ3v) is 3.40. The number of halogens is 1. The normalized spacial score (nSPS) is 20.6. The lowest BCUT2D eigenvalue weighted by Crippen LogP contribution is -2.12. The molecule has 1 N–H and O–H groups in total. The van der Waals surface area contributed by atoms with Gasteiger partial charge in [0.05, 0.1) is 0 Å². The summed E-state index contributed by atoms with van der Waals surface area (Å²) in [6.45, 7) is 6.53. The van der Waals surface area contributed by atoms with Crippen LogP contribution in [0.2, 0.25) is 0 Å². The van der Waals surface area contributed by atoms with Gasteiger partial charge >= 0.3 is 0 Å². The van der Waals surface area contributed by atoms with Crippen molar-refractivity contribution < 1.29 is 4.39 Å². The molecule has 1 atom stereocenters. The largest absolute Gasteiger partial charge is 0.316 e. The zero-order chi connectivity index (χ0) is 11.5. The first kappa shape index (κ1) is 11.6. The van der Waals surface area contributed by atoms with E-state index in [1.807, 2.05) is 6.07 Å². The van der Waals surface area contributed by atoms with Crippen molar-refractivity contribution in [1.29, 1.82) is 0 Å². The molecule has 1 aromatic rings. The first-order chi connectivity index (χ1) is 7.66. The molecule has 2 rings (SSSR count). The Hall–Kier alpha value is -0.890. The summed E-state index contributed by atoms with van der Waals surface area (Å²) >= 11 is 0. The Kier molecular flexibility index (Phi) is 3.59. The Bertz CT molecular complexity index is 354. The first-order valence-electron chi connectivity index (χ1n) is 6.16. The maximum Gasteiger partial charge on any atom is 0.123 e. The molecular weight excluding hydrogens is 201 g/mol. The Morgan fingerprint density at radius 2 is 2.25 bits per heavy atom. The summed E-state index contributed by atoms with van der Waals surface area (Å²) in [4.78, 5) is 0. The Labute approximate surface area is 97.1 Å². The van der Waals surface area contributed by atoms with Gasteiger partial charge in [0.15, 0.2) is 0 Å². The SMILES string of the molecule is CC(C)c1ccc(F)cc1CC1CCNC1. The molecule has 1 heterocycles. The highest BCUT2D eigenvalue weighted by Gasteiger charge is 2.17. The van der Waals surface area contributed by atoms with Gasteiger partial charge in [-0.25, -0.2) is 4.39 Å². The molecule has 88 valence electrons. The molecule has 0 spiro atoms. The van der Waals surface area contributed by atoms with Crippen LogP contribution in [-0.4, -0.2) is 13.1 Å². The van der Waals surface area contributed by atoms with Gasteiger partial charge in [-0.1, -0.05) is 19.9 Å². The molecule has 0 aromatic heterocycles. The fourth-order valence-corrected chi connectivity index (χ4v) is 2.51. The predicted octanol–water partition coefficient (Wildman–Crippen LogP) is 3.10.